The van der Waals surface area contributed by atoms with E-state index in [-0.39, 0.29) is 17.5 Å². The van der Waals surface area contributed by atoms with Gasteiger partial charge in [0, 0.05) is 17.0 Å². The number of carboxylic acid groups (broad SMARTS) is 1. The molecule has 108 valence electrons. The van der Waals surface area contributed by atoms with E-state index in [0.717, 1.165) is 31.1 Å². The van der Waals surface area contributed by atoms with E-state index in [1.807, 2.05) is 12.1 Å². The first kappa shape index (κ1) is 13.6. The number of carboxylic acids is 1. The van der Waals surface area contributed by atoms with Crippen molar-refractivity contribution >= 4 is 22.6 Å². The average molecular weight is 283 g/mol. The third kappa shape index (κ3) is 2.61. The van der Waals surface area contributed by atoms with Crippen molar-refractivity contribution in [1.29, 1.82) is 0 Å². The van der Waals surface area contributed by atoms with Crippen LogP contribution < -0.4 is 5.32 Å². The van der Waals surface area contributed by atoms with Crippen LogP contribution in [0.15, 0.2) is 36.4 Å². The fraction of sp³-hybridized carbons (Fsp3) is 0.294. The van der Waals surface area contributed by atoms with Crippen LogP contribution in [-0.2, 0) is 0 Å². The topological polar surface area (TPSA) is 66.4 Å². The maximum absolute atomic E-state index is 12.5. The molecule has 0 atom stereocenters. The molecule has 4 heteroatoms. The summed E-state index contributed by atoms with van der Waals surface area (Å²) in [7, 11) is 0. The molecule has 2 aromatic rings. The fourth-order valence-corrected chi connectivity index (χ4v) is 3.04. The van der Waals surface area contributed by atoms with Crippen LogP contribution in [0.2, 0.25) is 0 Å². The van der Waals surface area contributed by atoms with Crippen LogP contribution >= 0.6 is 0 Å². The van der Waals surface area contributed by atoms with Gasteiger partial charge in [0.15, 0.2) is 0 Å². The first-order valence-corrected chi connectivity index (χ1v) is 7.23. The van der Waals surface area contributed by atoms with Gasteiger partial charge in [0.2, 0.25) is 0 Å². The number of carbonyl (C=O) groups excluding carboxylic acids is 1. The molecule has 1 aliphatic carbocycles. The van der Waals surface area contributed by atoms with E-state index in [1.165, 1.54) is 6.07 Å². The van der Waals surface area contributed by atoms with Crippen molar-refractivity contribution in [2.75, 3.05) is 0 Å². The summed E-state index contributed by atoms with van der Waals surface area (Å²) in [6.07, 6.45) is 4.28. The molecule has 0 aromatic heterocycles. The second-order valence-corrected chi connectivity index (χ2v) is 5.47. The van der Waals surface area contributed by atoms with Gasteiger partial charge < -0.3 is 10.4 Å². The summed E-state index contributed by atoms with van der Waals surface area (Å²) in [5.41, 5.74) is 0.613. The molecule has 1 fully saturated rings. The van der Waals surface area contributed by atoms with Gasteiger partial charge in [-0.15, -0.1) is 0 Å². The van der Waals surface area contributed by atoms with Gasteiger partial charge in [-0.3, -0.25) is 4.79 Å². The molecule has 0 heterocycles. The van der Waals surface area contributed by atoms with E-state index in [4.69, 9.17) is 0 Å². The van der Waals surface area contributed by atoms with Gasteiger partial charge in [0.1, 0.15) is 0 Å². The first-order chi connectivity index (χ1) is 10.2. The fourth-order valence-electron chi connectivity index (χ4n) is 3.04. The quantitative estimate of drug-likeness (QED) is 0.909. The zero-order valence-electron chi connectivity index (χ0n) is 11.6. The van der Waals surface area contributed by atoms with Gasteiger partial charge in [-0.1, -0.05) is 37.1 Å². The monoisotopic (exact) mass is 283 g/mol. The standard InChI is InChI=1S/C17H17NO3/c19-16(18-12-7-1-2-8-12)13-9-3-5-11-6-4-10-14(15(11)13)17(20)21/h3-6,9-10,12H,1-2,7-8H2,(H,18,19)(H,20,21). The number of nitrogens with one attached hydrogen (secondary N) is 1. The van der Waals surface area contributed by atoms with Crippen molar-refractivity contribution in [3.05, 3.63) is 47.5 Å². The Kier molecular flexibility index (Phi) is 3.60. The number of hydrogen-bond acceptors (Lipinski definition) is 2. The molecular formula is C17H17NO3. The molecule has 2 N–H and O–H groups in total. The maximum Gasteiger partial charge on any atom is 0.336 e. The Morgan fingerprint density at radius 2 is 1.62 bits per heavy atom. The molecule has 0 aliphatic heterocycles. The number of rotatable bonds is 3. The first-order valence-electron chi connectivity index (χ1n) is 7.23. The van der Waals surface area contributed by atoms with Gasteiger partial charge in [-0.05, 0) is 30.4 Å². The lowest BCUT2D eigenvalue weighted by atomic mass is 9.98. The van der Waals surface area contributed by atoms with Crippen LogP contribution in [0.3, 0.4) is 0 Å². The zero-order valence-corrected chi connectivity index (χ0v) is 11.6. The Balaban J connectivity index is 2.04. The smallest absolute Gasteiger partial charge is 0.336 e. The van der Waals surface area contributed by atoms with Crippen molar-refractivity contribution < 1.29 is 14.7 Å². The van der Waals surface area contributed by atoms with E-state index in [9.17, 15) is 14.7 Å². The van der Waals surface area contributed by atoms with Crippen molar-refractivity contribution in [2.45, 2.75) is 31.7 Å². The zero-order chi connectivity index (χ0) is 14.8. The minimum Gasteiger partial charge on any atom is -0.478 e. The average Bonchev–Trinajstić information content (AvgIpc) is 2.98. The number of carbonyl (C=O) groups is 2. The van der Waals surface area contributed by atoms with Gasteiger partial charge in [0.25, 0.3) is 5.91 Å². The highest BCUT2D eigenvalue weighted by Gasteiger charge is 2.21. The molecular weight excluding hydrogens is 266 g/mol. The summed E-state index contributed by atoms with van der Waals surface area (Å²) in [4.78, 5) is 23.9. The SMILES string of the molecule is O=C(O)c1cccc2cccc(C(=O)NC3CCCC3)c12. The molecule has 1 aliphatic rings. The van der Waals surface area contributed by atoms with Gasteiger partial charge in [0.05, 0.1) is 5.56 Å². The van der Waals surface area contributed by atoms with Crippen LogP contribution in [0.5, 0.6) is 0 Å². The Bertz CT molecular complexity index is 697. The number of benzene rings is 2. The molecule has 4 nitrogen and oxygen atoms in total. The predicted molar refractivity (Wildman–Crippen MR) is 80.6 cm³/mol. The highest BCUT2D eigenvalue weighted by molar-refractivity contribution is 6.14. The van der Waals surface area contributed by atoms with Crippen molar-refractivity contribution in [3.8, 4) is 0 Å². The third-order valence-corrected chi connectivity index (χ3v) is 4.07. The van der Waals surface area contributed by atoms with Crippen LogP contribution in [0, 0.1) is 0 Å². The number of fused-ring (bicyclic) bond motifs is 1. The van der Waals surface area contributed by atoms with Crippen molar-refractivity contribution in [1.82, 2.24) is 5.32 Å². The third-order valence-electron chi connectivity index (χ3n) is 4.07. The number of aromatic carboxylic acids is 1. The van der Waals surface area contributed by atoms with E-state index >= 15 is 0 Å². The van der Waals surface area contributed by atoms with E-state index in [1.54, 1.807) is 18.2 Å². The lowest BCUT2D eigenvalue weighted by Gasteiger charge is -2.14. The van der Waals surface area contributed by atoms with Gasteiger partial charge >= 0.3 is 5.97 Å². The largest absolute Gasteiger partial charge is 0.478 e. The highest BCUT2D eigenvalue weighted by atomic mass is 16.4. The Morgan fingerprint density at radius 3 is 2.24 bits per heavy atom. The second-order valence-electron chi connectivity index (χ2n) is 5.47. The lowest BCUT2D eigenvalue weighted by Crippen LogP contribution is -2.32. The van der Waals surface area contributed by atoms with Gasteiger partial charge in [-0.25, -0.2) is 4.79 Å². The van der Waals surface area contributed by atoms with Crippen LogP contribution in [0.25, 0.3) is 10.8 Å². The second kappa shape index (κ2) is 5.56. The Morgan fingerprint density at radius 1 is 1.00 bits per heavy atom. The molecule has 21 heavy (non-hydrogen) atoms. The summed E-state index contributed by atoms with van der Waals surface area (Å²) in [5.74, 6) is -1.19. The van der Waals surface area contributed by atoms with Crippen molar-refractivity contribution in [2.24, 2.45) is 0 Å². The summed E-state index contributed by atoms with van der Waals surface area (Å²) in [6.45, 7) is 0. The normalized spacial score (nSPS) is 15.2. The summed E-state index contributed by atoms with van der Waals surface area (Å²) >= 11 is 0. The molecule has 0 unspecified atom stereocenters. The molecule has 2 aromatic carbocycles. The molecule has 3 rings (SSSR count). The molecule has 0 radical (unpaired) electrons. The lowest BCUT2D eigenvalue weighted by molar-refractivity contribution is 0.0699. The number of amides is 1. The molecule has 1 amide bonds. The van der Waals surface area contributed by atoms with Crippen LogP contribution in [-0.4, -0.2) is 23.0 Å². The van der Waals surface area contributed by atoms with Gasteiger partial charge in [-0.2, -0.15) is 0 Å². The maximum atomic E-state index is 12.5. The minimum atomic E-state index is -1.01. The minimum absolute atomic E-state index is 0.171. The summed E-state index contributed by atoms with van der Waals surface area (Å²) < 4.78 is 0. The van der Waals surface area contributed by atoms with Crippen molar-refractivity contribution in [3.63, 3.8) is 0 Å². The van der Waals surface area contributed by atoms with Crippen LogP contribution in [0.1, 0.15) is 46.4 Å². The summed E-state index contributed by atoms with van der Waals surface area (Å²) in [6, 6.07) is 10.6. The van der Waals surface area contributed by atoms with E-state index in [0.29, 0.717) is 10.9 Å². The Labute approximate surface area is 122 Å². The molecule has 0 spiro atoms. The van der Waals surface area contributed by atoms with E-state index in [2.05, 4.69) is 5.32 Å². The predicted octanol–water partition coefficient (Wildman–Crippen LogP) is 3.21. The summed E-state index contributed by atoms with van der Waals surface area (Å²) in [5, 5.41) is 13.7. The molecule has 0 bridgehead atoms. The molecule has 0 saturated heterocycles. The Hall–Kier alpha value is -2.36. The number of hydrogen-bond donors (Lipinski definition) is 2. The van der Waals surface area contributed by atoms with Crippen LogP contribution in [0.4, 0.5) is 0 Å². The molecule has 1 saturated carbocycles. The van der Waals surface area contributed by atoms with E-state index < -0.39 is 5.97 Å². The highest BCUT2D eigenvalue weighted by Crippen LogP contribution is 2.24.